The quantitative estimate of drug-likeness (QED) is 0.158. The van der Waals surface area contributed by atoms with Crippen molar-refractivity contribution < 1.29 is 18.7 Å². The molecule has 220 valence electrons. The number of aromatic nitrogens is 3. The Hall–Kier alpha value is -2.71. The number of benzene rings is 1. The average molecular weight is 609 g/mol. The van der Waals surface area contributed by atoms with Crippen molar-refractivity contribution in [2.45, 2.75) is 81.3 Å². The second-order valence-corrected chi connectivity index (χ2v) is 12.9. The number of ether oxygens (including phenoxy) is 3. The van der Waals surface area contributed by atoms with Crippen molar-refractivity contribution in [2.75, 3.05) is 20.3 Å². The number of hydrogen-bond acceptors (Lipinski definition) is 7. The van der Waals surface area contributed by atoms with Gasteiger partial charge in [0.05, 0.1) is 28.9 Å². The second kappa shape index (κ2) is 11.4. The molecule has 1 aromatic carbocycles. The number of fused-ring (bicyclic) bond motifs is 4. The molecular formula is C33H35Cl2N3O4. The summed E-state index contributed by atoms with van der Waals surface area (Å²) < 4.78 is 24.0. The normalized spacial score (nSPS) is 23.5. The summed E-state index contributed by atoms with van der Waals surface area (Å²) in [6.07, 6.45) is 12.4. The molecule has 0 spiro atoms. The van der Waals surface area contributed by atoms with Crippen LogP contribution in [0.3, 0.4) is 0 Å². The van der Waals surface area contributed by atoms with Crippen LogP contribution in [-0.2, 0) is 21.5 Å². The van der Waals surface area contributed by atoms with Crippen LogP contribution in [0, 0.1) is 0 Å². The monoisotopic (exact) mass is 607 g/mol. The number of nitrogens with zero attached hydrogens (tertiary/aromatic N) is 3. The molecule has 0 radical (unpaired) electrons. The Bertz CT molecular complexity index is 1560. The molecule has 8 rings (SSSR count). The number of methoxy groups -OCH3 is 1. The Kier molecular flexibility index (Phi) is 7.63. The van der Waals surface area contributed by atoms with Gasteiger partial charge in [-0.25, -0.2) is 4.98 Å². The summed E-state index contributed by atoms with van der Waals surface area (Å²) in [5.74, 6) is 2.14. The van der Waals surface area contributed by atoms with Crippen molar-refractivity contribution in [2.24, 2.45) is 0 Å². The SMILES string of the molecule is COCCCOc1cccc2ccc(C34CCC(OCc5c(-c6c(Cl)cncc6Cl)noc5C5CC5)(CC3)CC4)nc12. The molecule has 0 aliphatic heterocycles. The molecule has 0 unspecified atom stereocenters. The Morgan fingerprint density at radius 2 is 1.71 bits per heavy atom. The zero-order valence-electron chi connectivity index (χ0n) is 23.8. The molecule has 4 saturated carbocycles. The lowest BCUT2D eigenvalue weighted by atomic mass is 9.57. The van der Waals surface area contributed by atoms with E-state index in [0.717, 1.165) is 85.8 Å². The lowest BCUT2D eigenvalue weighted by Gasteiger charge is -2.52. The van der Waals surface area contributed by atoms with E-state index in [1.807, 2.05) is 12.1 Å². The minimum absolute atomic E-state index is 0.0715. The minimum Gasteiger partial charge on any atom is -0.491 e. The van der Waals surface area contributed by atoms with E-state index in [0.29, 0.717) is 47.0 Å². The number of hydrogen-bond donors (Lipinski definition) is 0. The van der Waals surface area contributed by atoms with Crippen molar-refractivity contribution in [1.82, 2.24) is 15.1 Å². The fraction of sp³-hybridized carbons (Fsp3) is 0.485. The summed E-state index contributed by atoms with van der Waals surface area (Å²) in [6.45, 7) is 1.73. The van der Waals surface area contributed by atoms with Gasteiger partial charge in [0.1, 0.15) is 22.7 Å². The highest BCUT2D eigenvalue weighted by atomic mass is 35.5. The van der Waals surface area contributed by atoms with Gasteiger partial charge in [-0.1, -0.05) is 46.6 Å². The predicted octanol–water partition coefficient (Wildman–Crippen LogP) is 8.45. The topological polar surface area (TPSA) is 79.5 Å². The molecule has 2 bridgehead atoms. The third kappa shape index (κ3) is 5.19. The van der Waals surface area contributed by atoms with E-state index in [2.05, 4.69) is 28.3 Å². The van der Waals surface area contributed by atoms with Crippen LogP contribution in [0.1, 0.15) is 80.7 Å². The molecule has 4 fully saturated rings. The van der Waals surface area contributed by atoms with Crippen molar-refractivity contribution in [3.8, 4) is 17.0 Å². The first-order valence-electron chi connectivity index (χ1n) is 14.9. The molecular weight excluding hydrogens is 573 g/mol. The summed E-state index contributed by atoms with van der Waals surface area (Å²) in [5.41, 5.74) is 4.34. The smallest absolute Gasteiger partial charge is 0.145 e. The van der Waals surface area contributed by atoms with E-state index < -0.39 is 0 Å². The van der Waals surface area contributed by atoms with Gasteiger partial charge in [0, 0.05) is 66.1 Å². The van der Waals surface area contributed by atoms with Crippen molar-refractivity contribution in [1.29, 1.82) is 0 Å². The molecule has 4 aliphatic rings. The van der Waals surface area contributed by atoms with Crippen LogP contribution < -0.4 is 4.74 Å². The maximum absolute atomic E-state index is 6.84. The molecule has 9 heteroatoms. The van der Waals surface area contributed by atoms with E-state index in [-0.39, 0.29) is 11.0 Å². The maximum Gasteiger partial charge on any atom is 0.145 e. The molecule has 7 nitrogen and oxygen atoms in total. The van der Waals surface area contributed by atoms with Crippen LogP contribution in [0.2, 0.25) is 10.0 Å². The van der Waals surface area contributed by atoms with Crippen molar-refractivity contribution in [3.63, 3.8) is 0 Å². The van der Waals surface area contributed by atoms with Crippen LogP contribution in [0.15, 0.2) is 47.2 Å². The summed E-state index contributed by atoms with van der Waals surface area (Å²) in [6, 6.07) is 10.6. The van der Waals surface area contributed by atoms with E-state index in [1.54, 1.807) is 19.5 Å². The predicted molar refractivity (Wildman–Crippen MR) is 162 cm³/mol. The van der Waals surface area contributed by atoms with Crippen LogP contribution in [0.5, 0.6) is 5.75 Å². The zero-order chi connectivity index (χ0) is 28.7. The molecule has 4 aliphatic carbocycles. The van der Waals surface area contributed by atoms with Crippen LogP contribution in [0.25, 0.3) is 22.2 Å². The Morgan fingerprint density at radius 1 is 0.952 bits per heavy atom. The first-order chi connectivity index (χ1) is 20.5. The maximum atomic E-state index is 6.84. The third-order valence-electron chi connectivity index (χ3n) is 9.53. The van der Waals surface area contributed by atoms with Gasteiger partial charge in [-0.05, 0) is 63.5 Å². The van der Waals surface area contributed by atoms with Gasteiger partial charge in [0.2, 0.25) is 0 Å². The lowest BCUT2D eigenvalue weighted by Crippen LogP contribution is -2.50. The average Bonchev–Trinajstić information content (AvgIpc) is 3.78. The largest absolute Gasteiger partial charge is 0.491 e. The van der Waals surface area contributed by atoms with Crippen molar-refractivity contribution >= 4 is 34.1 Å². The molecule has 0 N–H and O–H groups in total. The van der Waals surface area contributed by atoms with Gasteiger partial charge in [0.15, 0.2) is 0 Å². The lowest BCUT2D eigenvalue weighted by molar-refractivity contribution is -0.127. The molecule has 0 amide bonds. The van der Waals surface area contributed by atoms with Gasteiger partial charge in [-0.15, -0.1) is 0 Å². The highest BCUT2D eigenvalue weighted by Crippen LogP contribution is 2.55. The van der Waals surface area contributed by atoms with E-state index in [1.165, 1.54) is 5.69 Å². The fourth-order valence-corrected chi connectivity index (χ4v) is 7.40. The minimum atomic E-state index is -0.157. The van der Waals surface area contributed by atoms with Crippen LogP contribution >= 0.6 is 23.2 Å². The van der Waals surface area contributed by atoms with E-state index in [4.69, 9.17) is 46.9 Å². The first kappa shape index (κ1) is 28.1. The molecule has 0 atom stereocenters. The van der Waals surface area contributed by atoms with Crippen LogP contribution in [-0.4, -0.2) is 41.0 Å². The molecule has 42 heavy (non-hydrogen) atoms. The first-order valence-corrected chi connectivity index (χ1v) is 15.7. The number of pyridine rings is 2. The summed E-state index contributed by atoms with van der Waals surface area (Å²) in [7, 11) is 1.71. The molecule has 3 heterocycles. The summed E-state index contributed by atoms with van der Waals surface area (Å²) >= 11 is 13.0. The van der Waals surface area contributed by atoms with E-state index in [9.17, 15) is 0 Å². The van der Waals surface area contributed by atoms with Gasteiger partial charge < -0.3 is 18.7 Å². The fourth-order valence-electron chi connectivity index (χ4n) is 6.86. The van der Waals surface area contributed by atoms with Crippen molar-refractivity contribution in [3.05, 3.63) is 69.8 Å². The number of rotatable bonds is 11. The third-order valence-corrected chi connectivity index (χ3v) is 10.1. The summed E-state index contributed by atoms with van der Waals surface area (Å²) in [5, 5.41) is 6.46. The molecule has 0 saturated heterocycles. The van der Waals surface area contributed by atoms with E-state index >= 15 is 0 Å². The second-order valence-electron chi connectivity index (χ2n) is 12.1. The summed E-state index contributed by atoms with van der Waals surface area (Å²) in [4.78, 5) is 9.33. The number of para-hydroxylation sites is 1. The standard InChI is InChI=1S/C33H35Cl2N3O4/c1-39-16-3-17-40-26-5-2-4-21-8-9-27(37-29(21)26)32-10-13-33(14-11-32,15-12-32)41-20-23-30(38-42-31(23)22-6-7-22)28-24(34)18-36-19-25(28)35/h2,4-5,8-9,18-19,22H,3,6-7,10-17,20H2,1H3. The van der Waals surface area contributed by atoms with Gasteiger partial charge in [-0.2, -0.15) is 0 Å². The Morgan fingerprint density at radius 3 is 2.43 bits per heavy atom. The molecule has 4 aromatic rings. The number of halogens is 2. The Labute approximate surface area is 255 Å². The van der Waals surface area contributed by atoms with Crippen LogP contribution in [0.4, 0.5) is 0 Å². The van der Waals surface area contributed by atoms with Gasteiger partial charge in [0.25, 0.3) is 0 Å². The van der Waals surface area contributed by atoms with Gasteiger partial charge >= 0.3 is 0 Å². The highest BCUT2D eigenvalue weighted by Gasteiger charge is 2.51. The van der Waals surface area contributed by atoms with Gasteiger partial charge in [-0.3, -0.25) is 4.98 Å². The Balaban J connectivity index is 1.09. The molecule has 3 aromatic heterocycles. The zero-order valence-corrected chi connectivity index (χ0v) is 25.3. The highest BCUT2D eigenvalue weighted by molar-refractivity contribution is 6.38.